The molecule has 0 aliphatic rings. The van der Waals surface area contributed by atoms with Gasteiger partial charge in [-0.15, -0.1) is 0 Å². The van der Waals surface area contributed by atoms with Gasteiger partial charge in [-0.3, -0.25) is 14.3 Å². The lowest BCUT2D eigenvalue weighted by atomic mass is 9.75. The lowest BCUT2D eigenvalue weighted by Crippen LogP contribution is -2.66. The molecule has 0 rings (SSSR count). The Balaban J connectivity index is 6.33. The molecule has 0 aromatic carbocycles. The molecular formula is C24H38F10N2O5. The maximum Gasteiger partial charge on any atom is 0.437 e. The van der Waals surface area contributed by atoms with E-state index in [1.54, 1.807) is 5.32 Å². The van der Waals surface area contributed by atoms with Crippen molar-refractivity contribution in [3.05, 3.63) is 0 Å². The Morgan fingerprint density at radius 1 is 0.634 bits per heavy atom. The highest BCUT2D eigenvalue weighted by atomic mass is 19.3. The maximum atomic E-state index is 15.4. The first-order valence-electron chi connectivity index (χ1n) is 12.3. The highest BCUT2D eigenvalue weighted by Crippen LogP contribution is 2.55. The first kappa shape index (κ1) is 39.1. The third kappa shape index (κ3) is 7.75. The van der Waals surface area contributed by atoms with Crippen molar-refractivity contribution in [2.45, 2.75) is 129 Å². The number of likely N-dealkylation sites (N-methyl/N-ethyl adjacent to an activating group) is 1. The van der Waals surface area contributed by atoms with E-state index in [4.69, 9.17) is 0 Å². The Kier molecular flexibility index (Phi) is 11.1. The van der Waals surface area contributed by atoms with Gasteiger partial charge in [0.15, 0.2) is 0 Å². The monoisotopic (exact) mass is 624 g/mol. The lowest BCUT2D eigenvalue weighted by Gasteiger charge is -2.50. The number of carbonyl (C=O) groups is 2. The molecule has 0 aliphatic carbocycles. The Morgan fingerprint density at radius 3 is 1.44 bits per heavy atom. The molecule has 0 spiro atoms. The molecule has 0 atom stereocenters. The fourth-order valence-electron chi connectivity index (χ4n) is 3.05. The topological polar surface area (TPSA) is 85.9 Å². The number of hydrogen-bond acceptors (Lipinski definition) is 5. The number of hydrogen-bond donors (Lipinski definition) is 2. The van der Waals surface area contributed by atoms with E-state index in [-0.39, 0.29) is 13.8 Å². The van der Waals surface area contributed by atoms with Crippen molar-refractivity contribution < 1.29 is 67.7 Å². The molecule has 0 aromatic rings. The summed E-state index contributed by atoms with van der Waals surface area (Å²) < 4.78 is 160. The van der Waals surface area contributed by atoms with Gasteiger partial charge in [0, 0.05) is 12.6 Å². The van der Waals surface area contributed by atoms with Crippen LogP contribution in [-0.4, -0.2) is 71.4 Å². The zero-order chi connectivity index (χ0) is 33.5. The molecule has 0 bridgehead atoms. The summed E-state index contributed by atoms with van der Waals surface area (Å²) in [4.78, 5) is 23.4. The molecule has 7 nitrogen and oxygen atoms in total. The van der Waals surface area contributed by atoms with Crippen molar-refractivity contribution in [1.29, 1.82) is 0 Å². The van der Waals surface area contributed by atoms with Crippen molar-refractivity contribution in [2.24, 2.45) is 5.41 Å². The summed E-state index contributed by atoms with van der Waals surface area (Å²) >= 11 is 0. The van der Waals surface area contributed by atoms with E-state index in [1.807, 2.05) is 5.32 Å². The third-order valence-electron chi connectivity index (χ3n) is 6.57. The van der Waals surface area contributed by atoms with Crippen LogP contribution < -0.4 is 10.6 Å². The number of rotatable bonds is 15. The third-order valence-corrected chi connectivity index (χ3v) is 6.57. The predicted molar refractivity (Wildman–Crippen MR) is 126 cm³/mol. The summed E-state index contributed by atoms with van der Waals surface area (Å²) in [5, 5.41) is 3.39. The summed E-state index contributed by atoms with van der Waals surface area (Å²) in [5.41, 5.74) is -13.4. The molecule has 0 radical (unpaired) electrons. The van der Waals surface area contributed by atoms with Gasteiger partial charge in [0.1, 0.15) is 11.2 Å². The van der Waals surface area contributed by atoms with Crippen molar-refractivity contribution in [1.82, 2.24) is 10.6 Å². The first-order chi connectivity index (χ1) is 17.7. The van der Waals surface area contributed by atoms with Crippen molar-refractivity contribution >= 4 is 11.8 Å². The number of carbonyl (C=O) groups excluding carboxylic acids is 2. The van der Waals surface area contributed by atoms with Gasteiger partial charge in [0.05, 0.1) is 11.0 Å². The van der Waals surface area contributed by atoms with Gasteiger partial charge in [-0.25, -0.2) is 0 Å². The molecule has 17 heteroatoms. The smallest absolute Gasteiger partial charge is 0.349 e. The van der Waals surface area contributed by atoms with Gasteiger partial charge >= 0.3 is 36.1 Å². The van der Waals surface area contributed by atoms with E-state index in [9.17, 15) is 44.7 Å². The molecule has 0 saturated heterocycles. The number of amides is 2. The first-order valence-corrected chi connectivity index (χ1v) is 12.3. The Labute approximate surface area is 232 Å². The molecule has 0 aromatic heterocycles. The van der Waals surface area contributed by atoms with E-state index >= 15 is 8.78 Å². The van der Waals surface area contributed by atoms with E-state index in [0.717, 1.165) is 0 Å². The molecular weight excluding hydrogens is 586 g/mol. The van der Waals surface area contributed by atoms with Gasteiger partial charge in [-0.05, 0) is 76.2 Å². The van der Waals surface area contributed by atoms with E-state index in [0.29, 0.717) is 41.5 Å². The van der Waals surface area contributed by atoms with Crippen LogP contribution in [-0.2, 0) is 23.8 Å². The van der Waals surface area contributed by atoms with Crippen LogP contribution in [0, 0.1) is 5.41 Å². The van der Waals surface area contributed by atoms with Gasteiger partial charge < -0.3 is 20.1 Å². The molecule has 0 unspecified atom stereocenters. The average molecular weight is 625 g/mol. The van der Waals surface area contributed by atoms with E-state index in [1.165, 1.54) is 20.8 Å². The SMILES string of the molecule is CCNC(=O)C(F)(F)OC(C)(C)C(F)(F)C(F)(F)OC(C)(C)C(C)(C)C(F)(F)OC(C)(C)C(F)(F)C(=O)NC(C)C. The number of alkyl halides is 10. The number of ether oxygens (including phenoxy) is 3. The maximum absolute atomic E-state index is 15.4. The van der Waals surface area contributed by atoms with Crippen LogP contribution in [0.1, 0.15) is 76.2 Å². The fourth-order valence-corrected chi connectivity index (χ4v) is 3.05. The van der Waals surface area contributed by atoms with Gasteiger partial charge in [-0.2, -0.15) is 43.9 Å². The lowest BCUT2D eigenvalue weighted by molar-refractivity contribution is -0.453. The summed E-state index contributed by atoms with van der Waals surface area (Å²) in [7, 11) is 0. The molecule has 0 heterocycles. The molecule has 41 heavy (non-hydrogen) atoms. The molecule has 244 valence electrons. The highest BCUT2D eigenvalue weighted by Gasteiger charge is 2.73. The van der Waals surface area contributed by atoms with Crippen LogP contribution >= 0.6 is 0 Å². The molecule has 0 saturated carbocycles. The Bertz CT molecular complexity index is 951. The zero-order valence-electron chi connectivity index (χ0n) is 24.6. The molecule has 0 fully saturated rings. The molecule has 2 N–H and O–H groups in total. The second kappa shape index (κ2) is 11.7. The number of nitrogens with one attached hydrogen (secondary N) is 2. The van der Waals surface area contributed by atoms with Crippen molar-refractivity contribution in [3.63, 3.8) is 0 Å². The van der Waals surface area contributed by atoms with Crippen LogP contribution in [0.4, 0.5) is 43.9 Å². The van der Waals surface area contributed by atoms with Gasteiger partial charge in [0.25, 0.3) is 5.91 Å². The Hall–Kier alpha value is -1.88. The van der Waals surface area contributed by atoms with Crippen LogP contribution in [0.25, 0.3) is 0 Å². The summed E-state index contributed by atoms with van der Waals surface area (Å²) in [6, 6.07) is -0.827. The van der Waals surface area contributed by atoms with Crippen LogP contribution in [0.3, 0.4) is 0 Å². The summed E-state index contributed by atoms with van der Waals surface area (Å²) in [6.07, 6.45) is -15.7. The minimum atomic E-state index is -5.83. The predicted octanol–water partition coefficient (Wildman–Crippen LogP) is 6.11. The molecule has 0 aliphatic heterocycles. The Morgan fingerprint density at radius 2 is 1.05 bits per heavy atom. The second-order valence-electron chi connectivity index (χ2n) is 11.6. The van der Waals surface area contributed by atoms with E-state index < -0.39 is 76.8 Å². The molecule has 2 amide bonds. The van der Waals surface area contributed by atoms with Crippen LogP contribution in [0.5, 0.6) is 0 Å². The second-order valence-corrected chi connectivity index (χ2v) is 11.6. The van der Waals surface area contributed by atoms with E-state index in [2.05, 4.69) is 14.2 Å². The van der Waals surface area contributed by atoms with Crippen molar-refractivity contribution in [3.8, 4) is 0 Å². The summed E-state index contributed by atoms with van der Waals surface area (Å²) in [6.45, 7) is 6.31. The largest absolute Gasteiger partial charge is 0.437 e. The highest BCUT2D eigenvalue weighted by molar-refractivity contribution is 5.85. The average Bonchev–Trinajstić information content (AvgIpc) is 2.70. The minimum Gasteiger partial charge on any atom is -0.349 e. The van der Waals surface area contributed by atoms with Gasteiger partial charge in [0.2, 0.25) is 0 Å². The quantitative estimate of drug-likeness (QED) is 0.215. The normalized spacial score (nSPS) is 15.3. The number of halogens is 10. The van der Waals surface area contributed by atoms with Crippen LogP contribution in [0.15, 0.2) is 0 Å². The van der Waals surface area contributed by atoms with Gasteiger partial charge in [-0.1, -0.05) is 0 Å². The standard InChI is InChI=1S/C24H38F10N2O5/c1-12-35-15(38)21(27,28)39-19(10,11)22(29,30)24(33,34)40-17(6,7)16(4,5)23(31,32)41-18(8,9)20(25,26)14(37)36-13(2)3/h13H,12H2,1-11H3,(H,35,38)(H,36,37). The minimum absolute atomic E-state index is 0.0834. The van der Waals surface area contributed by atoms with Crippen LogP contribution in [0.2, 0.25) is 0 Å². The zero-order valence-corrected chi connectivity index (χ0v) is 24.6. The summed E-state index contributed by atoms with van der Waals surface area (Å²) in [5.74, 6) is -14.5. The van der Waals surface area contributed by atoms with Crippen molar-refractivity contribution in [2.75, 3.05) is 6.54 Å². The fraction of sp³-hybridized carbons (Fsp3) is 0.917.